The van der Waals surface area contributed by atoms with Gasteiger partial charge in [-0.25, -0.2) is 0 Å². The number of amides is 1. The summed E-state index contributed by atoms with van der Waals surface area (Å²) in [6, 6.07) is 18.6. The summed E-state index contributed by atoms with van der Waals surface area (Å²) in [5, 5.41) is 3.44. The molecule has 1 aliphatic heterocycles. The third-order valence-corrected chi connectivity index (χ3v) is 4.62. The van der Waals surface area contributed by atoms with Gasteiger partial charge in [-0.05, 0) is 50.3 Å². The number of carbonyl (C=O) groups is 1. The van der Waals surface area contributed by atoms with Crippen LogP contribution < -0.4 is 10.2 Å². The van der Waals surface area contributed by atoms with Crippen LogP contribution in [0.3, 0.4) is 0 Å². The number of fused-ring (bicyclic) bond motifs is 1. The van der Waals surface area contributed by atoms with E-state index < -0.39 is 0 Å². The van der Waals surface area contributed by atoms with Crippen LogP contribution in [0.15, 0.2) is 54.6 Å². The molecule has 134 valence electrons. The van der Waals surface area contributed by atoms with Gasteiger partial charge in [0.2, 0.25) is 5.91 Å². The zero-order valence-electron chi connectivity index (χ0n) is 15.0. The van der Waals surface area contributed by atoms with E-state index in [9.17, 15) is 4.79 Å². The summed E-state index contributed by atoms with van der Waals surface area (Å²) in [6.07, 6.45) is 3.00. The Bertz CT molecular complexity index is 700. The lowest BCUT2D eigenvalue weighted by molar-refractivity contribution is -0.118. The monoisotopic (exact) mass is 358 g/mol. The Morgan fingerprint density at radius 2 is 1.76 bits per heavy atom. The van der Waals surface area contributed by atoms with Gasteiger partial charge in [0.25, 0.3) is 0 Å². The second kappa shape index (κ2) is 8.50. The van der Waals surface area contributed by atoms with E-state index in [2.05, 4.69) is 55.6 Å². The molecule has 1 aliphatic rings. The number of anilines is 1. The minimum Gasteiger partial charge on any atom is -0.311 e. The molecule has 25 heavy (non-hydrogen) atoms. The second-order valence-electron chi connectivity index (χ2n) is 7.18. The lowest BCUT2D eigenvalue weighted by Gasteiger charge is -2.32. The van der Waals surface area contributed by atoms with Crippen molar-refractivity contribution < 1.29 is 4.79 Å². The van der Waals surface area contributed by atoms with Crippen LogP contribution in [-0.2, 0) is 17.6 Å². The van der Waals surface area contributed by atoms with Crippen LogP contribution in [0.1, 0.15) is 31.4 Å². The van der Waals surface area contributed by atoms with Gasteiger partial charge in [0.15, 0.2) is 0 Å². The fourth-order valence-corrected chi connectivity index (χ4v) is 3.37. The van der Waals surface area contributed by atoms with E-state index in [1.54, 1.807) is 0 Å². The van der Waals surface area contributed by atoms with Gasteiger partial charge in [-0.2, -0.15) is 0 Å². The standard InChI is InChI=1S/C21H26N2O.ClH/c1-21(2,15-17-9-4-3-5-10-17)22-16-20(24)23-14-8-12-18-11-6-7-13-19(18)23;/h3-7,9-11,13,22H,8,12,14-16H2,1-2H3;1H. The highest BCUT2D eigenvalue weighted by atomic mass is 35.5. The maximum absolute atomic E-state index is 12.7. The molecule has 2 aromatic carbocycles. The molecule has 3 rings (SSSR count). The zero-order chi connectivity index (χ0) is 17.0. The van der Waals surface area contributed by atoms with E-state index in [4.69, 9.17) is 0 Å². The SMILES string of the molecule is CC(C)(Cc1ccccc1)NCC(=O)N1CCCc2ccccc21.Cl. The molecule has 0 aliphatic carbocycles. The Morgan fingerprint density at radius 3 is 2.52 bits per heavy atom. The van der Waals surface area contributed by atoms with Gasteiger partial charge in [-0.3, -0.25) is 4.79 Å². The number of nitrogens with zero attached hydrogens (tertiary/aromatic N) is 1. The van der Waals surface area contributed by atoms with Crippen molar-refractivity contribution in [3.8, 4) is 0 Å². The van der Waals surface area contributed by atoms with Crippen molar-refractivity contribution in [1.82, 2.24) is 5.32 Å². The van der Waals surface area contributed by atoms with Gasteiger partial charge in [-0.15, -0.1) is 12.4 Å². The van der Waals surface area contributed by atoms with Crippen molar-refractivity contribution >= 4 is 24.0 Å². The highest BCUT2D eigenvalue weighted by molar-refractivity contribution is 5.96. The molecule has 0 radical (unpaired) electrons. The molecule has 4 heteroatoms. The van der Waals surface area contributed by atoms with Crippen molar-refractivity contribution in [1.29, 1.82) is 0 Å². The summed E-state index contributed by atoms with van der Waals surface area (Å²) in [6.45, 7) is 5.49. The second-order valence-corrected chi connectivity index (χ2v) is 7.18. The van der Waals surface area contributed by atoms with Crippen molar-refractivity contribution in [2.24, 2.45) is 0 Å². The van der Waals surface area contributed by atoms with Gasteiger partial charge in [0, 0.05) is 17.8 Å². The first-order chi connectivity index (χ1) is 11.6. The number of nitrogens with one attached hydrogen (secondary N) is 1. The van der Waals surface area contributed by atoms with Gasteiger partial charge < -0.3 is 10.2 Å². The number of hydrogen-bond donors (Lipinski definition) is 1. The van der Waals surface area contributed by atoms with Crippen molar-refractivity contribution in [3.05, 3.63) is 65.7 Å². The maximum atomic E-state index is 12.7. The molecule has 0 bridgehead atoms. The Hall–Kier alpha value is -1.84. The Labute approximate surface area is 156 Å². The number of benzene rings is 2. The van der Waals surface area contributed by atoms with E-state index in [0.717, 1.165) is 31.5 Å². The molecule has 0 fully saturated rings. The first-order valence-corrected chi connectivity index (χ1v) is 8.72. The largest absolute Gasteiger partial charge is 0.311 e. The summed E-state index contributed by atoms with van der Waals surface area (Å²) < 4.78 is 0. The van der Waals surface area contributed by atoms with Crippen molar-refractivity contribution in [3.63, 3.8) is 0 Å². The van der Waals surface area contributed by atoms with Crippen LogP contribution >= 0.6 is 12.4 Å². The van der Waals surface area contributed by atoms with Gasteiger partial charge in [0.05, 0.1) is 6.54 Å². The minimum absolute atomic E-state index is 0. The molecule has 0 saturated carbocycles. The topological polar surface area (TPSA) is 32.3 Å². The number of para-hydroxylation sites is 1. The molecule has 0 unspecified atom stereocenters. The number of hydrogen-bond acceptors (Lipinski definition) is 2. The molecule has 0 atom stereocenters. The number of halogens is 1. The Balaban J connectivity index is 0.00000225. The predicted octanol–water partition coefficient (Wildman–Crippen LogP) is 4.00. The van der Waals surface area contributed by atoms with Gasteiger partial charge in [-0.1, -0.05) is 48.5 Å². The van der Waals surface area contributed by atoms with E-state index in [1.807, 2.05) is 23.1 Å². The lowest BCUT2D eigenvalue weighted by Crippen LogP contribution is -2.48. The highest BCUT2D eigenvalue weighted by Gasteiger charge is 2.24. The lowest BCUT2D eigenvalue weighted by atomic mass is 9.95. The summed E-state index contributed by atoms with van der Waals surface area (Å²) in [7, 11) is 0. The Kier molecular flexibility index (Phi) is 6.63. The van der Waals surface area contributed by atoms with E-state index in [1.165, 1.54) is 11.1 Å². The van der Waals surface area contributed by atoms with Crippen LogP contribution in [0.25, 0.3) is 0 Å². The van der Waals surface area contributed by atoms with E-state index in [0.29, 0.717) is 6.54 Å². The molecule has 1 heterocycles. The number of aryl methyl sites for hydroxylation is 1. The first-order valence-electron chi connectivity index (χ1n) is 8.72. The summed E-state index contributed by atoms with van der Waals surface area (Å²) >= 11 is 0. The molecular formula is C21H27ClN2O. The third-order valence-electron chi connectivity index (χ3n) is 4.62. The van der Waals surface area contributed by atoms with Crippen LogP contribution in [0.5, 0.6) is 0 Å². The number of rotatable bonds is 5. The highest BCUT2D eigenvalue weighted by Crippen LogP contribution is 2.26. The quantitative estimate of drug-likeness (QED) is 0.876. The van der Waals surface area contributed by atoms with Crippen LogP contribution in [0, 0.1) is 0 Å². The maximum Gasteiger partial charge on any atom is 0.240 e. The average molecular weight is 359 g/mol. The van der Waals surface area contributed by atoms with Crippen LogP contribution in [0.2, 0.25) is 0 Å². The van der Waals surface area contributed by atoms with Crippen molar-refractivity contribution in [2.45, 2.75) is 38.6 Å². The van der Waals surface area contributed by atoms with Crippen molar-refractivity contribution in [2.75, 3.05) is 18.0 Å². The molecule has 2 aromatic rings. The fraction of sp³-hybridized carbons (Fsp3) is 0.381. The molecule has 1 amide bonds. The normalized spacial score (nSPS) is 13.8. The molecule has 0 saturated heterocycles. The molecule has 1 N–H and O–H groups in total. The third kappa shape index (κ3) is 5.07. The van der Waals surface area contributed by atoms with E-state index in [-0.39, 0.29) is 23.9 Å². The molecule has 0 spiro atoms. The van der Waals surface area contributed by atoms with E-state index >= 15 is 0 Å². The molecule has 0 aromatic heterocycles. The molecule has 3 nitrogen and oxygen atoms in total. The van der Waals surface area contributed by atoms with Crippen LogP contribution in [-0.4, -0.2) is 24.5 Å². The zero-order valence-corrected chi connectivity index (χ0v) is 15.8. The van der Waals surface area contributed by atoms with Gasteiger partial charge in [0.1, 0.15) is 0 Å². The summed E-state index contributed by atoms with van der Waals surface area (Å²) in [4.78, 5) is 14.7. The minimum atomic E-state index is -0.119. The average Bonchev–Trinajstić information content (AvgIpc) is 2.60. The molecular weight excluding hydrogens is 332 g/mol. The predicted molar refractivity (Wildman–Crippen MR) is 107 cm³/mol. The fourth-order valence-electron chi connectivity index (χ4n) is 3.37. The Morgan fingerprint density at radius 1 is 1.08 bits per heavy atom. The van der Waals surface area contributed by atoms with Gasteiger partial charge >= 0.3 is 0 Å². The summed E-state index contributed by atoms with van der Waals surface area (Å²) in [5.74, 6) is 0.156. The smallest absolute Gasteiger partial charge is 0.240 e. The van der Waals surface area contributed by atoms with Crippen LogP contribution in [0.4, 0.5) is 5.69 Å². The first kappa shape index (κ1) is 19.5. The summed E-state index contributed by atoms with van der Waals surface area (Å²) in [5.41, 5.74) is 3.52. The number of carbonyl (C=O) groups excluding carboxylic acids is 1.